The van der Waals surface area contributed by atoms with Crippen molar-refractivity contribution in [3.05, 3.63) is 29.1 Å². The average molecular weight is 212 g/mol. The maximum atomic E-state index is 11.4. The smallest absolute Gasteiger partial charge is 0.278 e. The number of nitrogens with zero attached hydrogens (tertiary/aromatic N) is 3. The molecule has 3 heterocycles. The van der Waals surface area contributed by atoms with Gasteiger partial charge in [0.1, 0.15) is 5.52 Å². The molecule has 0 aliphatic heterocycles. The van der Waals surface area contributed by atoms with E-state index >= 15 is 0 Å². The molecule has 0 aliphatic carbocycles. The second-order valence-corrected chi connectivity index (χ2v) is 2.68. The lowest BCUT2D eigenvalue weighted by molar-refractivity contribution is 1.12. The first-order valence-corrected chi connectivity index (χ1v) is 3.75. The maximum Gasteiger partial charge on any atom is 0.278 e. The van der Waals surface area contributed by atoms with Crippen molar-refractivity contribution in [1.29, 1.82) is 0 Å². The molecule has 3 aromatic rings. The zero-order chi connectivity index (χ0) is 8.84. The highest BCUT2D eigenvalue weighted by Crippen LogP contribution is 2.04. The molecule has 72 valence electrons. The van der Waals surface area contributed by atoms with Crippen molar-refractivity contribution in [2.75, 3.05) is 0 Å². The molecule has 6 nitrogen and oxygen atoms in total. The lowest BCUT2D eigenvalue weighted by atomic mass is 10.5. The first kappa shape index (κ1) is 8.76. The van der Waals surface area contributed by atoms with Gasteiger partial charge in [-0.3, -0.25) is 14.2 Å². The summed E-state index contributed by atoms with van der Waals surface area (Å²) in [5.41, 5.74) is 0.855. The Kier molecular flexibility index (Phi) is 1.78. The van der Waals surface area contributed by atoms with Gasteiger partial charge in [-0.1, -0.05) is 0 Å². The van der Waals surface area contributed by atoms with Crippen molar-refractivity contribution in [2.24, 2.45) is 0 Å². The van der Waals surface area contributed by atoms with Gasteiger partial charge in [-0.05, 0) is 0 Å². The van der Waals surface area contributed by atoms with Crippen LogP contribution < -0.4 is 5.56 Å². The standard InChI is InChI=1S/C7H5N5O.ClH/c13-6-4-5(10-3-9-4)12-2-1-8-7(12)11-6;/h1-3H,(H,9,10)(H,8,11,13);1H. The number of H-pyrrole nitrogens is 2. The summed E-state index contributed by atoms with van der Waals surface area (Å²) in [7, 11) is 0. The quantitative estimate of drug-likeness (QED) is 0.562. The first-order chi connectivity index (χ1) is 6.36. The molecule has 0 saturated heterocycles. The molecule has 2 N–H and O–H groups in total. The van der Waals surface area contributed by atoms with E-state index in [1.165, 1.54) is 6.33 Å². The van der Waals surface area contributed by atoms with Crippen molar-refractivity contribution in [1.82, 2.24) is 24.3 Å². The van der Waals surface area contributed by atoms with Crippen molar-refractivity contribution >= 4 is 29.3 Å². The van der Waals surface area contributed by atoms with Gasteiger partial charge in [0.2, 0.25) is 5.78 Å². The topological polar surface area (TPSA) is 78.8 Å². The van der Waals surface area contributed by atoms with Gasteiger partial charge in [0.15, 0.2) is 5.65 Å². The van der Waals surface area contributed by atoms with Crippen LogP contribution in [-0.4, -0.2) is 24.3 Å². The second-order valence-electron chi connectivity index (χ2n) is 2.68. The number of hydrogen-bond acceptors (Lipinski definition) is 3. The van der Waals surface area contributed by atoms with E-state index in [0.29, 0.717) is 16.9 Å². The van der Waals surface area contributed by atoms with E-state index < -0.39 is 0 Å². The number of imidazole rings is 2. The summed E-state index contributed by atoms with van der Waals surface area (Å²) in [6.07, 6.45) is 4.84. The molecule has 0 saturated carbocycles. The lowest BCUT2D eigenvalue weighted by Crippen LogP contribution is -2.09. The summed E-state index contributed by atoms with van der Waals surface area (Å²) in [6.45, 7) is 0. The summed E-state index contributed by atoms with van der Waals surface area (Å²) >= 11 is 0. The summed E-state index contributed by atoms with van der Waals surface area (Å²) in [5.74, 6) is 0.504. The fourth-order valence-corrected chi connectivity index (χ4v) is 1.37. The van der Waals surface area contributed by atoms with Crippen molar-refractivity contribution < 1.29 is 0 Å². The van der Waals surface area contributed by atoms with E-state index in [0.717, 1.165) is 0 Å². The Balaban J connectivity index is 0.000000750. The summed E-state index contributed by atoms with van der Waals surface area (Å²) < 4.78 is 1.72. The molecule has 0 aliphatic rings. The van der Waals surface area contributed by atoms with Crippen LogP contribution in [0.2, 0.25) is 0 Å². The number of rotatable bonds is 0. The fraction of sp³-hybridized carbons (Fsp3) is 0. The van der Waals surface area contributed by atoms with Crippen LogP contribution in [0.1, 0.15) is 0 Å². The molecular weight excluding hydrogens is 206 g/mol. The molecule has 7 heteroatoms. The highest BCUT2D eigenvalue weighted by atomic mass is 35.5. The summed E-state index contributed by atoms with van der Waals surface area (Å²) in [4.78, 5) is 24.8. The Labute approximate surface area is 83.4 Å². The fourth-order valence-electron chi connectivity index (χ4n) is 1.37. The van der Waals surface area contributed by atoms with Gasteiger partial charge in [0.05, 0.1) is 6.33 Å². The molecule has 0 aromatic carbocycles. The van der Waals surface area contributed by atoms with E-state index in [-0.39, 0.29) is 18.0 Å². The van der Waals surface area contributed by atoms with E-state index in [9.17, 15) is 4.79 Å². The lowest BCUT2D eigenvalue weighted by Gasteiger charge is -1.92. The third kappa shape index (κ3) is 0.942. The van der Waals surface area contributed by atoms with Gasteiger partial charge in [0, 0.05) is 12.4 Å². The number of hydrogen-bond donors (Lipinski definition) is 2. The van der Waals surface area contributed by atoms with Crippen LogP contribution in [0.15, 0.2) is 23.5 Å². The van der Waals surface area contributed by atoms with Crippen LogP contribution in [-0.2, 0) is 0 Å². The minimum Gasteiger partial charge on any atom is -0.339 e. The molecule has 3 aromatic heterocycles. The van der Waals surface area contributed by atoms with Crippen molar-refractivity contribution in [3.8, 4) is 0 Å². The van der Waals surface area contributed by atoms with Crippen molar-refractivity contribution in [2.45, 2.75) is 0 Å². The number of fused-ring (bicyclic) bond motifs is 3. The number of aromatic amines is 2. The third-order valence-corrected chi connectivity index (χ3v) is 1.94. The molecule has 3 rings (SSSR count). The van der Waals surface area contributed by atoms with Crippen LogP contribution in [0.25, 0.3) is 16.9 Å². The van der Waals surface area contributed by atoms with E-state index in [2.05, 4.69) is 19.9 Å². The van der Waals surface area contributed by atoms with E-state index in [4.69, 9.17) is 0 Å². The Hall–Kier alpha value is -1.82. The van der Waals surface area contributed by atoms with Gasteiger partial charge in [-0.15, -0.1) is 12.4 Å². The van der Waals surface area contributed by atoms with Crippen molar-refractivity contribution in [3.63, 3.8) is 0 Å². The molecule has 0 atom stereocenters. The predicted molar refractivity (Wildman–Crippen MR) is 52.7 cm³/mol. The summed E-state index contributed by atoms with van der Waals surface area (Å²) in [5, 5.41) is 0. The molecule has 14 heavy (non-hydrogen) atoms. The van der Waals surface area contributed by atoms with Gasteiger partial charge >= 0.3 is 0 Å². The zero-order valence-electron chi connectivity index (χ0n) is 6.89. The van der Waals surface area contributed by atoms with Gasteiger partial charge in [-0.2, -0.15) is 0 Å². The Morgan fingerprint density at radius 2 is 2.21 bits per heavy atom. The number of aromatic nitrogens is 5. The van der Waals surface area contributed by atoms with Gasteiger partial charge < -0.3 is 4.98 Å². The second kappa shape index (κ2) is 2.85. The number of halogens is 1. The SMILES string of the molecule is Cl.O=c1[nH]c2nccn2c2nc[nH]c12. The molecule has 0 unspecified atom stereocenters. The third-order valence-electron chi connectivity index (χ3n) is 1.94. The van der Waals surface area contributed by atoms with Crippen LogP contribution in [0.5, 0.6) is 0 Å². The average Bonchev–Trinajstić information content (AvgIpc) is 2.66. The summed E-state index contributed by atoms with van der Waals surface area (Å²) in [6, 6.07) is 0. The largest absolute Gasteiger partial charge is 0.339 e. The molecule has 0 radical (unpaired) electrons. The molecular formula is C7H6ClN5O. The molecule has 0 fully saturated rings. The first-order valence-electron chi connectivity index (χ1n) is 3.75. The Morgan fingerprint density at radius 1 is 1.36 bits per heavy atom. The highest BCUT2D eigenvalue weighted by molar-refractivity contribution is 5.85. The highest BCUT2D eigenvalue weighted by Gasteiger charge is 2.05. The molecule has 0 amide bonds. The molecule has 0 bridgehead atoms. The monoisotopic (exact) mass is 211 g/mol. The van der Waals surface area contributed by atoms with E-state index in [1.807, 2.05) is 0 Å². The van der Waals surface area contributed by atoms with Gasteiger partial charge in [-0.25, -0.2) is 9.97 Å². The van der Waals surface area contributed by atoms with E-state index in [1.54, 1.807) is 16.8 Å². The predicted octanol–water partition coefficient (Wildman–Crippen LogP) is 0.321. The molecule has 0 spiro atoms. The Morgan fingerprint density at radius 3 is 3.07 bits per heavy atom. The maximum absolute atomic E-state index is 11.4. The van der Waals surface area contributed by atoms with Crippen LogP contribution in [0, 0.1) is 0 Å². The van der Waals surface area contributed by atoms with Crippen LogP contribution in [0.3, 0.4) is 0 Å². The van der Waals surface area contributed by atoms with Crippen LogP contribution in [0.4, 0.5) is 0 Å². The Bertz CT molecular complexity index is 636. The normalized spacial score (nSPS) is 10.6. The number of nitrogens with one attached hydrogen (secondary N) is 2. The van der Waals surface area contributed by atoms with Gasteiger partial charge in [0.25, 0.3) is 5.56 Å². The minimum atomic E-state index is -0.203. The zero-order valence-corrected chi connectivity index (χ0v) is 7.71. The van der Waals surface area contributed by atoms with Crippen LogP contribution >= 0.6 is 12.4 Å². The minimum absolute atomic E-state index is 0.